The maximum atomic E-state index is 11.7. The van der Waals surface area contributed by atoms with Crippen LogP contribution in [-0.4, -0.2) is 21.8 Å². The number of rotatable bonds is 3. The standard InChI is InChI=1S/C12H18O3S/c1-8-6-7-11(16(5,13)14)12(9(8)2)10(3)15-4/h6-7,10H,1-5H3. The SMILES string of the molecule is COC(C)c1c(S(C)(=O)=O)ccc(C)c1C. The minimum absolute atomic E-state index is 0.218. The number of sulfone groups is 1. The normalized spacial score (nSPS) is 13.8. The molecule has 1 aromatic rings. The van der Waals surface area contributed by atoms with Crippen LogP contribution in [0.3, 0.4) is 0 Å². The first-order valence-electron chi connectivity index (χ1n) is 5.12. The van der Waals surface area contributed by atoms with Crippen molar-refractivity contribution in [3.05, 3.63) is 28.8 Å². The summed E-state index contributed by atoms with van der Waals surface area (Å²) in [4.78, 5) is 0.366. The Kier molecular flexibility index (Phi) is 3.76. The highest BCUT2D eigenvalue weighted by molar-refractivity contribution is 7.90. The number of methoxy groups -OCH3 is 1. The van der Waals surface area contributed by atoms with E-state index < -0.39 is 9.84 Å². The predicted molar refractivity (Wildman–Crippen MR) is 64.4 cm³/mol. The molecule has 1 aromatic carbocycles. The first kappa shape index (κ1) is 13.2. The van der Waals surface area contributed by atoms with Crippen molar-refractivity contribution in [2.24, 2.45) is 0 Å². The summed E-state index contributed by atoms with van der Waals surface area (Å²) < 4.78 is 28.6. The van der Waals surface area contributed by atoms with Crippen LogP contribution >= 0.6 is 0 Å². The summed E-state index contributed by atoms with van der Waals surface area (Å²) in [5, 5.41) is 0. The number of ether oxygens (including phenoxy) is 1. The molecule has 4 heteroatoms. The van der Waals surface area contributed by atoms with Gasteiger partial charge in [0.25, 0.3) is 0 Å². The van der Waals surface area contributed by atoms with E-state index in [-0.39, 0.29) is 6.10 Å². The first-order chi connectivity index (χ1) is 7.29. The summed E-state index contributed by atoms with van der Waals surface area (Å²) in [6.07, 6.45) is 1.01. The van der Waals surface area contributed by atoms with Crippen LogP contribution < -0.4 is 0 Å². The van der Waals surface area contributed by atoms with E-state index in [9.17, 15) is 8.42 Å². The predicted octanol–water partition coefficient (Wildman–Crippen LogP) is 2.41. The highest BCUT2D eigenvalue weighted by atomic mass is 32.2. The summed E-state index contributed by atoms with van der Waals surface area (Å²) in [5.41, 5.74) is 2.83. The van der Waals surface area contributed by atoms with Crippen LogP contribution in [-0.2, 0) is 14.6 Å². The molecule has 0 heterocycles. The fraction of sp³-hybridized carbons (Fsp3) is 0.500. The van der Waals surface area contributed by atoms with Crippen LogP contribution in [0.4, 0.5) is 0 Å². The number of hydrogen-bond donors (Lipinski definition) is 0. The molecule has 16 heavy (non-hydrogen) atoms. The van der Waals surface area contributed by atoms with Crippen LogP contribution in [0.2, 0.25) is 0 Å². The molecule has 1 rings (SSSR count). The van der Waals surface area contributed by atoms with E-state index in [4.69, 9.17) is 4.74 Å². The zero-order chi connectivity index (χ0) is 12.5. The molecule has 0 aromatic heterocycles. The van der Waals surface area contributed by atoms with Crippen molar-refractivity contribution in [3.63, 3.8) is 0 Å². The lowest BCUT2D eigenvalue weighted by molar-refractivity contribution is 0.116. The van der Waals surface area contributed by atoms with E-state index in [1.807, 2.05) is 26.8 Å². The Morgan fingerprint density at radius 1 is 1.25 bits per heavy atom. The number of aryl methyl sites for hydroxylation is 1. The molecule has 90 valence electrons. The maximum Gasteiger partial charge on any atom is 0.175 e. The van der Waals surface area contributed by atoms with Gasteiger partial charge in [-0.1, -0.05) is 6.07 Å². The lowest BCUT2D eigenvalue weighted by atomic mass is 10.00. The van der Waals surface area contributed by atoms with Gasteiger partial charge in [-0.05, 0) is 38.0 Å². The second-order valence-electron chi connectivity index (χ2n) is 4.07. The van der Waals surface area contributed by atoms with E-state index in [1.54, 1.807) is 13.2 Å². The maximum absolute atomic E-state index is 11.7. The largest absolute Gasteiger partial charge is 0.377 e. The van der Waals surface area contributed by atoms with Gasteiger partial charge >= 0.3 is 0 Å². The van der Waals surface area contributed by atoms with Crippen molar-refractivity contribution in [2.45, 2.75) is 31.8 Å². The first-order valence-corrected chi connectivity index (χ1v) is 7.01. The Balaban J connectivity index is 3.58. The summed E-state index contributed by atoms with van der Waals surface area (Å²) in [7, 11) is -1.63. The van der Waals surface area contributed by atoms with Crippen LogP contribution in [0.5, 0.6) is 0 Å². The van der Waals surface area contributed by atoms with Crippen molar-refractivity contribution in [3.8, 4) is 0 Å². The average Bonchev–Trinajstić information content (AvgIpc) is 2.19. The third-order valence-corrected chi connectivity index (χ3v) is 4.06. The zero-order valence-electron chi connectivity index (χ0n) is 10.4. The van der Waals surface area contributed by atoms with Gasteiger partial charge in [-0.3, -0.25) is 0 Å². The molecular formula is C12H18O3S. The third kappa shape index (κ3) is 2.44. The van der Waals surface area contributed by atoms with Gasteiger partial charge in [0.2, 0.25) is 0 Å². The van der Waals surface area contributed by atoms with Crippen molar-refractivity contribution >= 4 is 9.84 Å². The Bertz CT molecular complexity index is 489. The minimum Gasteiger partial charge on any atom is -0.377 e. The van der Waals surface area contributed by atoms with Crippen molar-refractivity contribution in [2.75, 3.05) is 13.4 Å². The minimum atomic E-state index is -3.21. The lowest BCUT2D eigenvalue weighted by Gasteiger charge is -2.18. The Hall–Kier alpha value is -0.870. The molecule has 3 nitrogen and oxygen atoms in total. The second kappa shape index (κ2) is 4.55. The highest BCUT2D eigenvalue weighted by Gasteiger charge is 2.20. The fourth-order valence-corrected chi connectivity index (χ4v) is 2.79. The molecule has 1 atom stereocenters. The third-order valence-electron chi connectivity index (χ3n) is 2.91. The summed E-state index contributed by atoms with van der Waals surface area (Å²) in [5.74, 6) is 0. The molecule has 0 saturated carbocycles. The molecule has 0 amide bonds. The van der Waals surface area contributed by atoms with Crippen LogP contribution in [0.25, 0.3) is 0 Å². The molecule has 0 spiro atoms. The Morgan fingerprint density at radius 2 is 1.81 bits per heavy atom. The number of benzene rings is 1. The molecule has 0 aliphatic rings. The van der Waals surface area contributed by atoms with Gasteiger partial charge in [0.15, 0.2) is 9.84 Å². The van der Waals surface area contributed by atoms with Gasteiger partial charge < -0.3 is 4.74 Å². The fourth-order valence-electron chi connectivity index (χ4n) is 1.76. The summed E-state index contributed by atoms with van der Waals surface area (Å²) in [6.45, 7) is 5.75. The molecule has 0 fully saturated rings. The summed E-state index contributed by atoms with van der Waals surface area (Å²) in [6, 6.07) is 3.49. The van der Waals surface area contributed by atoms with Crippen LogP contribution in [0.15, 0.2) is 17.0 Å². The van der Waals surface area contributed by atoms with Gasteiger partial charge in [0, 0.05) is 18.9 Å². The van der Waals surface area contributed by atoms with E-state index >= 15 is 0 Å². The summed E-state index contributed by atoms with van der Waals surface area (Å²) >= 11 is 0. The van der Waals surface area contributed by atoms with Gasteiger partial charge in [-0.2, -0.15) is 0 Å². The topological polar surface area (TPSA) is 43.4 Å². The van der Waals surface area contributed by atoms with Gasteiger partial charge in [-0.15, -0.1) is 0 Å². The monoisotopic (exact) mass is 242 g/mol. The quantitative estimate of drug-likeness (QED) is 0.817. The number of hydrogen-bond acceptors (Lipinski definition) is 3. The van der Waals surface area contributed by atoms with E-state index in [0.29, 0.717) is 4.90 Å². The molecule has 0 bridgehead atoms. The van der Waals surface area contributed by atoms with Crippen LogP contribution in [0, 0.1) is 13.8 Å². The Morgan fingerprint density at radius 3 is 2.25 bits per heavy atom. The van der Waals surface area contributed by atoms with Gasteiger partial charge in [-0.25, -0.2) is 8.42 Å². The molecule has 0 N–H and O–H groups in total. The molecular weight excluding hydrogens is 224 g/mol. The van der Waals surface area contributed by atoms with E-state index in [1.165, 1.54) is 6.26 Å². The molecule has 1 unspecified atom stereocenters. The average molecular weight is 242 g/mol. The van der Waals surface area contributed by atoms with E-state index in [0.717, 1.165) is 16.7 Å². The van der Waals surface area contributed by atoms with Crippen molar-refractivity contribution in [1.29, 1.82) is 0 Å². The smallest absolute Gasteiger partial charge is 0.175 e. The van der Waals surface area contributed by atoms with Gasteiger partial charge in [0.05, 0.1) is 11.0 Å². The highest BCUT2D eigenvalue weighted by Crippen LogP contribution is 2.29. The van der Waals surface area contributed by atoms with Crippen molar-refractivity contribution < 1.29 is 13.2 Å². The van der Waals surface area contributed by atoms with E-state index in [2.05, 4.69) is 0 Å². The Labute approximate surface area is 97.4 Å². The molecule has 0 saturated heterocycles. The molecule has 0 aliphatic carbocycles. The molecule has 0 radical (unpaired) electrons. The molecule has 0 aliphatic heterocycles. The van der Waals surface area contributed by atoms with Crippen LogP contribution in [0.1, 0.15) is 29.7 Å². The second-order valence-corrected chi connectivity index (χ2v) is 6.05. The van der Waals surface area contributed by atoms with Gasteiger partial charge in [0.1, 0.15) is 0 Å². The lowest BCUT2D eigenvalue weighted by Crippen LogP contribution is -2.09. The zero-order valence-corrected chi connectivity index (χ0v) is 11.2. The van der Waals surface area contributed by atoms with Crippen molar-refractivity contribution in [1.82, 2.24) is 0 Å².